The van der Waals surface area contributed by atoms with Crippen LogP contribution in [0.5, 0.6) is 0 Å². The van der Waals surface area contributed by atoms with Crippen LogP contribution in [0.15, 0.2) is 6.20 Å². The molecular weight excluding hydrogens is 230 g/mol. The van der Waals surface area contributed by atoms with Crippen LogP contribution in [0.2, 0.25) is 0 Å². The van der Waals surface area contributed by atoms with Gasteiger partial charge in [-0.1, -0.05) is 13.8 Å². The van der Waals surface area contributed by atoms with E-state index in [9.17, 15) is 0 Å². The van der Waals surface area contributed by atoms with Gasteiger partial charge in [-0.3, -0.25) is 0 Å². The van der Waals surface area contributed by atoms with Crippen LogP contribution in [0.4, 0.5) is 5.13 Å². The molecule has 0 aromatic carbocycles. The first-order chi connectivity index (χ1) is 8.08. The summed E-state index contributed by atoms with van der Waals surface area (Å²) in [6.07, 6.45) is 4.52. The Hall–Kier alpha value is -0.610. The first kappa shape index (κ1) is 12.8. The smallest absolute Gasteiger partial charge is 0.185 e. The monoisotopic (exact) mass is 253 g/mol. The fourth-order valence-corrected chi connectivity index (χ4v) is 3.31. The molecule has 2 rings (SSSR count). The van der Waals surface area contributed by atoms with Gasteiger partial charge in [0.15, 0.2) is 5.13 Å². The number of rotatable bonds is 3. The zero-order valence-corrected chi connectivity index (χ0v) is 11.8. The number of aromatic nitrogens is 1. The van der Waals surface area contributed by atoms with Crippen LogP contribution in [-0.4, -0.2) is 18.1 Å². The van der Waals surface area contributed by atoms with Gasteiger partial charge in [-0.25, -0.2) is 4.98 Å². The van der Waals surface area contributed by atoms with Crippen LogP contribution in [-0.2, 0) is 0 Å². The Morgan fingerprint density at radius 2 is 2.00 bits per heavy atom. The van der Waals surface area contributed by atoms with Crippen LogP contribution < -0.4 is 10.6 Å². The summed E-state index contributed by atoms with van der Waals surface area (Å²) >= 11 is 1.75. The molecule has 1 aliphatic rings. The number of nitrogens with two attached hydrogens (primary N) is 1. The van der Waals surface area contributed by atoms with E-state index in [2.05, 4.69) is 23.7 Å². The zero-order chi connectivity index (χ0) is 12.4. The van der Waals surface area contributed by atoms with Crippen molar-refractivity contribution in [1.82, 2.24) is 4.98 Å². The largest absolute Gasteiger partial charge is 0.348 e. The number of nitrogens with zero attached hydrogens (tertiary/aromatic N) is 2. The number of thiazole rings is 1. The van der Waals surface area contributed by atoms with Gasteiger partial charge in [0, 0.05) is 30.2 Å². The van der Waals surface area contributed by atoms with E-state index >= 15 is 0 Å². The van der Waals surface area contributed by atoms with Crippen LogP contribution in [0.3, 0.4) is 0 Å². The molecule has 1 saturated heterocycles. The highest BCUT2D eigenvalue weighted by Crippen LogP contribution is 2.31. The summed E-state index contributed by atoms with van der Waals surface area (Å²) in [5.41, 5.74) is 5.87. The van der Waals surface area contributed by atoms with Crippen molar-refractivity contribution in [2.75, 3.05) is 18.0 Å². The lowest BCUT2D eigenvalue weighted by molar-refractivity contribution is 0.311. The SMILES string of the molecule is CC(N)c1cnc(N2CCC(C(C)C)CC2)s1. The summed E-state index contributed by atoms with van der Waals surface area (Å²) in [4.78, 5) is 8.09. The average molecular weight is 253 g/mol. The third kappa shape index (κ3) is 2.99. The van der Waals surface area contributed by atoms with E-state index in [0.717, 1.165) is 30.1 Å². The van der Waals surface area contributed by atoms with E-state index in [1.54, 1.807) is 11.3 Å². The lowest BCUT2D eigenvalue weighted by Crippen LogP contribution is -2.35. The van der Waals surface area contributed by atoms with E-state index in [-0.39, 0.29) is 6.04 Å². The molecule has 0 saturated carbocycles. The van der Waals surface area contributed by atoms with Crippen molar-refractivity contribution in [2.45, 2.75) is 39.7 Å². The Morgan fingerprint density at radius 1 is 1.35 bits per heavy atom. The summed E-state index contributed by atoms with van der Waals surface area (Å²) < 4.78 is 0. The lowest BCUT2D eigenvalue weighted by Gasteiger charge is -2.33. The first-order valence-electron chi connectivity index (χ1n) is 6.54. The van der Waals surface area contributed by atoms with E-state index in [1.807, 2.05) is 13.1 Å². The minimum Gasteiger partial charge on any atom is -0.348 e. The summed E-state index contributed by atoms with van der Waals surface area (Å²) in [5.74, 6) is 1.70. The number of hydrogen-bond acceptors (Lipinski definition) is 4. The maximum atomic E-state index is 5.87. The van der Waals surface area contributed by atoms with Gasteiger partial charge in [0.2, 0.25) is 0 Å². The molecule has 0 amide bonds. The maximum absolute atomic E-state index is 5.87. The second kappa shape index (κ2) is 5.36. The Bertz CT molecular complexity index is 351. The predicted molar refractivity (Wildman–Crippen MR) is 74.5 cm³/mol. The summed E-state index contributed by atoms with van der Waals surface area (Å²) in [6, 6.07) is 0.106. The summed E-state index contributed by atoms with van der Waals surface area (Å²) in [7, 11) is 0. The lowest BCUT2D eigenvalue weighted by atomic mass is 9.87. The standard InChI is InChI=1S/C13H23N3S/c1-9(2)11-4-6-16(7-5-11)13-15-8-12(17-13)10(3)14/h8-11H,4-7,14H2,1-3H3. The molecule has 0 spiro atoms. The highest BCUT2D eigenvalue weighted by molar-refractivity contribution is 7.15. The Morgan fingerprint density at radius 3 is 2.47 bits per heavy atom. The molecule has 4 heteroatoms. The van der Waals surface area contributed by atoms with Crippen molar-refractivity contribution in [2.24, 2.45) is 17.6 Å². The highest BCUT2D eigenvalue weighted by atomic mass is 32.1. The predicted octanol–water partition coefficient (Wildman–Crippen LogP) is 3.04. The van der Waals surface area contributed by atoms with Gasteiger partial charge in [-0.2, -0.15) is 0 Å². The number of anilines is 1. The van der Waals surface area contributed by atoms with Crippen molar-refractivity contribution in [3.05, 3.63) is 11.1 Å². The van der Waals surface area contributed by atoms with Gasteiger partial charge in [-0.15, -0.1) is 11.3 Å². The second-order valence-electron chi connectivity index (χ2n) is 5.40. The van der Waals surface area contributed by atoms with Gasteiger partial charge in [0.25, 0.3) is 0 Å². The van der Waals surface area contributed by atoms with Crippen molar-refractivity contribution in [3.63, 3.8) is 0 Å². The number of piperidine rings is 1. The van der Waals surface area contributed by atoms with Crippen molar-refractivity contribution < 1.29 is 0 Å². The second-order valence-corrected chi connectivity index (χ2v) is 6.44. The molecule has 3 nitrogen and oxygen atoms in total. The van der Waals surface area contributed by atoms with Gasteiger partial charge in [0.05, 0.1) is 0 Å². The molecule has 1 aromatic heterocycles. The van der Waals surface area contributed by atoms with E-state index in [1.165, 1.54) is 17.7 Å². The molecule has 17 heavy (non-hydrogen) atoms. The minimum absolute atomic E-state index is 0.106. The Balaban J connectivity index is 1.96. The van der Waals surface area contributed by atoms with Gasteiger partial charge >= 0.3 is 0 Å². The van der Waals surface area contributed by atoms with E-state index < -0.39 is 0 Å². The molecule has 96 valence electrons. The number of hydrogen-bond donors (Lipinski definition) is 1. The molecule has 1 aliphatic heterocycles. The van der Waals surface area contributed by atoms with E-state index in [0.29, 0.717) is 0 Å². The molecule has 0 aliphatic carbocycles. The topological polar surface area (TPSA) is 42.1 Å². The summed E-state index contributed by atoms with van der Waals surface area (Å²) in [6.45, 7) is 8.97. The molecule has 0 radical (unpaired) electrons. The molecule has 1 aromatic rings. The van der Waals surface area contributed by atoms with Crippen LogP contribution in [0.25, 0.3) is 0 Å². The maximum Gasteiger partial charge on any atom is 0.185 e. The fourth-order valence-electron chi connectivity index (χ4n) is 2.39. The fraction of sp³-hybridized carbons (Fsp3) is 0.769. The van der Waals surface area contributed by atoms with Gasteiger partial charge < -0.3 is 10.6 Å². The quantitative estimate of drug-likeness (QED) is 0.900. The van der Waals surface area contributed by atoms with Crippen LogP contribution in [0, 0.1) is 11.8 Å². The van der Waals surface area contributed by atoms with Crippen LogP contribution in [0.1, 0.15) is 44.5 Å². The van der Waals surface area contributed by atoms with Crippen molar-refractivity contribution in [3.8, 4) is 0 Å². The molecule has 2 heterocycles. The summed E-state index contributed by atoms with van der Waals surface area (Å²) in [5, 5.41) is 1.15. The minimum atomic E-state index is 0.106. The molecule has 2 N–H and O–H groups in total. The molecule has 1 fully saturated rings. The normalized spacial score (nSPS) is 19.9. The Kier molecular flexibility index (Phi) is 4.05. The van der Waals surface area contributed by atoms with E-state index in [4.69, 9.17) is 5.73 Å². The average Bonchev–Trinajstić information content (AvgIpc) is 2.78. The Labute approximate surface area is 108 Å². The highest BCUT2D eigenvalue weighted by Gasteiger charge is 2.23. The van der Waals surface area contributed by atoms with Crippen LogP contribution >= 0.6 is 11.3 Å². The van der Waals surface area contributed by atoms with Gasteiger partial charge in [0.1, 0.15) is 0 Å². The van der Waals surface area contributed by atoms with Gasteiger partial charge in [-0.05, 0) is 31.6 Å². The van der Waals surface area contributed by atoms with Crippen molar-refractivity contribution >= 4 is 16.5 Å². The molecule has 1 unspecified atom stereocenters. The third-order valence-corrected chi connectivity index (χ3v) is 4.97. The zero-order valence-electron chi connectivity index (χ0n) is 11.0. The molecular formula is C13H23N3S. The molecule has 0 bridgehead atoms. The molecule has 1 atom stereocenters. The first-order valence-corrected chi connectivity index (χ1v) is 7.36. The third-order valence-electron chi connectivity index (χ3n) is 3.71. The van der Waals surface area contributed by atoms with Crippen molar-refractivity contribution in [1.29, 1.82) is 0 Å².